The Morgan fingerprint density at radius 3 is 1.51 bits per heavy atom. The molecule has 0 aromatic heterocycles. The maximum absolute atomic E-state index is 2.53. The molecule has 8 aromatic carbocycles. The highest BCUT2D eigenvalue weighted by molar-refractivity contribution is 6.29. The van der Waals surface area contributed by atoms with Gasteiger partial charge in [0.25, 0.3) is 0 Å². The van der Waals surface area contributed by atoms with Crippen LogP contribution in [0.4, 0.5) is 34.1 Å². The van der Waals surface area contributed by atoms with E-state index in [2.05, 4.69) is 196 Å². The summed E-state index contributed by atoms with van der Waals surface area (Å²) in [6.45, 7) is 11.6. The second kappa shape index (κ2) is 10.7. The van der Waals surface area contributed by atoms with E-state index in [1.807, 2.05) is 0 Å². The van der Waals surface area contributed by atoms with Gasteiger partial charge < -0.3 is 9.80 Å². The Morgan fingerprint density at radius 2 is 0.980 bits per heavy atom. The van der Waals surface area contributed by atoms with Crippen molar-refractivity contribution in [3.63, 3.8) is 0 Å². The Bertz CT molecular complexity index is 2400. The van der Waals surface area contributed by atoms with Gasteiger partial charge in [0.15, 0.2) is 0 Å². The highest BCUT2D eigenvalue weighted by Gasteiger charge is 2.37. The lowest BCUT2D eigenvalue weighted by atomic mass is 9.73. The molecule has 0 atom stereocenters. The van der Waals surface area contributed by atoms with Crippen LogP contribution in [0.1, 0.15) is 51.3 Å². The van der Waals surface area contributed by atoms with Crippen molar-refractivity contribution in [1.82, 2.24) is 0 Å². The zero-order chi connectivity index (χ0) is 33.5. The summed E-state index contributed by atoms with van der Waals surface area (Å²) < 4.78 is 0. The zero-order valence-electron chi connectivity index (χ0n) is 28.8. The van der Waals surface area contributed by atoms with E-state index in [1.54, 1.807) is 0 Å². The first-order chi connectivity index (χ1) is 23.7. The van der Waals surface area contributed by atoms with Gasteiger partial charge in [0.2, 0.25) is 0 Å². The summed E-state index contributed by atoms with van der Waals surface area (Å²) in [5.74, 6) is 0. The number of rotatable bonds is 4. The summed E-state index contributed by atoms with van der Waals surface area (Å²) in [6, 6.07) is 56.2. The lowest BCUT2D eigenvalue weighted by Gasteiger charge is -2.42. The van der Waals surface area contributed by atoms with Crippen LogP contribution < -0.4 is 9.80 Å². The van der Waals surface area contributed by atoms with E-state index in [0.29, 0.717) is 0 Å². The first-order valence-corrected chi connectivity index (χ1v) is 17.4. The summed E-state index contributed by atoms with van der Waals surface area (Å²) >= 11 is 0. The molecule has 1 aliphatic rings. The van der Waals surface area contributed by atoms with Gasteiger partial charge in [0, 0.05) is 32.9 Å². The molecule has 0 bridgehead atoms. The molecule has 1 heterocycles. The van der Waals surface area contributed by atoms with E-state index in [9.17, 15) is 0 Å². The maximum Gasteiger partial charge on any atom is 0.0561 e. The molecule has 0 fully saturated rings. The van der Waals surface area contributed by atoms with E-state index in [4.69, 9.17) is 0 Å². The average molecular weight is 633 g/mol. The largest absolute Gasteiger partial charge is 0.310 e. The minimum absolute atomic E-state index is 0.0478. The van der Waals surface area contributed by atoms with Crippen LogP contribution in [-0.4, -0.2) is 0 Å². The van der Waals surface area contributed by atoms with Crippen molar-refractivity contribution in [2.75, 3.05) is 9.80 Å². The van der Waals surface area contributed by atoms with Crippen LogP contribution in [-0.2, 0) is 10.8 Å². The van der Waals surface area contributed by atoms with Crippen LogP contribution >= 0.6 is 0 Å². The van der Waals surface area contributed by atoms with E-state index in [0.717, 1.165) is 17.1 Å². The fourth-order valence-electron chi connectivity index (χ4n) is 8.19. The van der Waals surface area contributed by atoms with Crippen LogP contribution in [0.5, 0.6) is 0 Å². The maximum atomic E-state index is 2.53. The Kier molecular flexibility index (Phi) is 6.45. The Morgan fingerprint density at radius 1 is 0.490 bits per heavy atom. The smallest absolute Gasteiger partial charge is 0.0561 e. The third kappa shape index (κ3) is 4.47. The normalized spacial score (nSPS) is 13.9. The Labute approximate surface area is 289 Å². The van der Waals surface area contributed by atoms with Gasteiger partial charge in [0.1, 0.15) is 0 Å². The standard InChI is InChI=1S/C47H40N2/c1-46(2,3)33-28-31-24-26-36-42(48(34-16-8-6-9-17-34)35-18-10-7-11-19-35)30-43(37-27-25-32(29-33)44(31)45(36)37)49-40-22-14-12-20-38(40)47(4,5)39-21-13-15-23-41(39)49/h6-30H,1-5H3. The molecule has 0 spiro atoms. The summed E-state index contributed by atoms with van der Waals surface area (Å²) in [7, 11) is 0. The lowest BCUT2D eigenvalue weighted by molar-refractivity contribution is 0.591. The Balaban J connectivity index is 1.45. The molecule has 0 unspecified atom stereocenters. The molecule has 2 nitrogen and oxygen atoms in total. The van der Waals surface area contributed by atoms with Gasteiger partial charge in [-0.2, -0.15) is 0 Å². The van der Waals surface area contributed by atoms with Gasteiger partial charge >= 0.3 is 0 Å². The predicted molar refractivity (Wildman–Crippen MR) is 210 cm³/mol. The third-order valence-electron chi connectivity index (χ3n) is 10.7. The second-order valence-electron chi connectivity index (χ2n) is 15.1. The van der Waals surface area contributed by atoms with Crippen molar-refractivity contribution in [2.45, 2.75) is 45.4 Å². The van der Waals surface area contributed by atoms with Crippen molar-refractivity contribution in [2.24, 2.45) is 0 Å². The third-order valence-corrected chi connectivity index (χ3v) is 10.7. The van der Waals surface area contributed by atoms with Crippen molar-refractivity contribution in [1.29, 1.82) is 0 Å². The summed E-state index contributed by atoms with van der Waals surface area (Å²) in [4.78, 5) is 4.96. The van der Waals surface area contributed by atoms with Gasteiger partial charge in [-0.1, -0.05) is 144 Å². The second-order valence-corrected chi connectivity index (χ2v) is 15.1. The average Bonchev–Trinajstić information content (AvgIpc) is 3.12. The predicted octanol–water partition coefficient (Wildman–Crippen LogP) is 13.5. The number of fused-ring (bicyclic) bond motifs is 2. The molecule has 0 aliphatic carbocycles. The summed E-state index contributed by atoms with van der Waals surface area (Å²) in [5, 5.41) is 7.70. The molecule has 49 heavy (non-hydrogen) atoms. The first-order valence-electron chi connectivity index (χ1n) is 17.4. The van der Waals surface area contributed by atoms with E-state index >= 15 is 0 Å². The quantitative estimate of drug-likeness (QED) is 0.178. The zero-order valence-corrected chi connectivity index (χ0v) is 28.8. The van der Waals surface area contributed by atoms with Crippen LogP contribution in [0.2, 0.25) is 0 Å². The highest BCUT2D eigenvalue weighted by Crippen LogP contribution is 2.55. The Hall–Kier alpha value is -5.60. The number of hydrogen-bond acceptors (Lipinski definition) is 2. The van der Waals surface area contributed by atoms with Crippen molar-refractivity contribution >= 4 is 66.4 Å². The molecule has 238 valence electrons. The fraction of sp³-hybridized carbons (Fsp3) is 0.149. The van der Waals surface area contributed by atoms with Crippen molar-refractivity contribution < 1.29 is 0 Å². The summed E-state index contributed by atoms with van der Waals surface area (Å²) in [6.07, 6.45) is 0. The first kappa shape index (κ1) is 29.5. The molecule has 0 N–H and O–H groups in total. The SMILES string of the molecule is CC(C)(C)c1cc2ccc3c(N(c4ccccc4)c4ccccc4)cc(N4c5ccccc5C(C)(C)c5ccccc54)c4ccc(c1)c2c34. The molecular formula is C47H40N2. The van der Waals surface area contributed by atoms with Crippen molar-refractivity contribution in [3.05, 3.63) is 168 Å². The molecule has 0 saturated carbocycles. The summed E-state index contributed by atoms with van der Waals surface area (Å²) in [5.41, 5.74) is 11.0. The molecule has 8 aromatic rings. The monoisotopic (exact) mass is 632 g/mol. The number of hydrogen-bond donors (Lipinski definition) is 0. The molecule has 1 aliphatic heterocycles. The minimum atomic E-state index is -0.139. The van der Waals surface area contributed by atoms with Crippen LogP contribution in [0.15, 0.2) is 152 Å². The molecule has 0 amide bonds. The molecule has 0 saturated heterocycles. The number of benzene rings is 8. The van der Waals surface area contributed by atoms with E-state index in [-0.39, 0.29) is 10.8 Å². The number of anilines is 6. The van der Waals surface area contributed by atoms with Crippen molar-refractivity contribution in [3.8, 4) is 0 Å². The van der Waals surface area contributed by atoms with Gasteiger partial charge in [-0.25, -0.2) is 0 Å². The number of para-hydroxylation sites is 4. The topological polar surface area (TPSA) is 6.48 Å². The van der Waals surface area contributed by atoms with Gasteiger partial charge in [-0.3, -0.25) is 0 Å². The molecular weight excluding hydrogens is 593 g/mol. The van der Waals surface area contributed by atoms with Gasteiger partial charge in [-0.15, -0.1) is 0 Å². The molecule has 9 rings (SSSR count). The van der Waals surface area contributed by atoms with E-state index < -0.39 is 0 Å². The van der Waals surface area contributed by atoms with Crippen LogP contribution in [0.3, 0.4) is 0 Å². The molecule has 0 radical (unpaired) electrons. The van der Waals surface area contributed by atoms with Crippen LogP contribution in [0, 0.1) is 0 Å². The lowest BCUT2D eigenvalue weighted by Crippen LogP contribution is -2.30. The highest BCUT2D eigenvalue weighted by atomic mass is 15.2. The van der Waals surface area contributed by atoms with Crippen LogP contribution in [0.25, 0.3) is 32.3 Å². The number of nitrogens with zero attached hydrogens (tertiary/aromatic N) is 2. The van der Waals surface area contributed by atoms with Gasteiger partial charge in [-0.05, 0) is 80.7 Å². The fourth-order valence-corrected chi connectivity index (χ4v) is 8.19. The van der Waals surface area contributed by atoms with Gasteiger partial charge in [0.05, 0.1) is 22.7 Å². The minimum Gasteiger partial charge on any atom is -0.310 e. The van der Waals surface area contributed by atoms with E-state index in [1.165, 1.54) is 66.1 Å². The molecule has 2 heteroatoms.